The van der Waals surface area contributed by atoms with Crippen LogP contribution in [-0.4, -0.2) is 19.9 Å². The third-order valence-corrected chi connectivity index (χ3v) is 4.88. The highest BCUT2D eigenvalue weighted by Gasteiger charge is 2.16. The summed E-state index contributed by atoms with van der Waals surface area (Å²) in [5.41, 5.74) is 1.05. The van der Waals surface area contributed by atoms with Crippen molar-refractivity contribution in [3.05, 3.63) is 58.6 Å². The van der Waals surface area contributed by atoms with Crippen LogP contribution in [0.25, 0.3) is 11.1 Å². The van der Waals surface area contributed by atoms with Crippen LogP contribution in [-0.2, 0) is 10.0 Å². The third kappa shape index (κ3) is 4.14. The van der Waals surface area contributed by atoms with Crippen LogP contribution in [0, 0.1) is 10.1 Å². The molecule has 2 aromatic rings. The van der Waals surface area contributed by atoms with Crippen LogP contribution in [0.3, 0.4) is 0 Å². The lowest BCUT2D eigenvalue weighted by Gasteiger charge is -2.07. The molecule has 2 aromatic carbocycles. The zero-order chi connectivity index (χ0) is 16.9. The van der Waals surface area contributed by atoms with Gasteiger partial charge in [-0.2, -0.15) is 0 Å². The SMILES string of the molecule is CCCCNS(=O)(=O)c1ccc(-c2ccccc2[N+](=O)[O-])cc1. The molecule has 0 saturated heterocycles. The molecule has 0 aromatic heterocycles. The first-order valence-electron chi connectivity index (χ1n) is 7.29. The molecule has 0 spiro atoms. The summed E-state index contributed by atoms with van der Waals surface area (Å²) < 4.78 is 26.8. The lowest BCUT2D eigenvalue weighted by molar-refractivity contribution is -0.384. The molecular weight excluding hydrogens is 316 g/mol. The van der Waals surface area contributed by atoms with Gasteiger partial charge in [-0.1, -0.05) is 37.6 Å². The van der Waals surface area contributed by atoms with Crippen molar-refractivity contribution in [3.63, 3.8) is 0 Å². The standard InChI is InChI=1S/C16H18N2O4S/c1-2-3-12-17-23(21,22)14-10-8-13(9-11-14)15-6-4-5-7-16(15)18(19)20/h4-11,17H,2-3,12H2,1H3. The van der Waals surface area contributed by atoms with E-state index in [9.17, 15) is 18.5 Å². The Balaban J connectivity index is 2.28. The van der Waals surface area contributed by atoms with Crippen LogP contribution >= 0.6 is 0 Å². The minimum atomic E-state index is -3.54. The molecule has 0 amide bonds. The Morgan fingerprint density at radius 1 is 1.09 bits per heavy atom. The summed E-state index contributed by atoms with van der Waals surface area (Å²) in [5, 5.41) is 11.1. The van der Waals surface area contributed by atoms with Crippen LogP contribution in [0.5, 0.6) is 0 Å². The number of sulfonamides is 1. The molecule has 1 N–H and O–H groups in total. The second-order valence-corrected chi connectivity index (χ2v) is 6.82. The highest BCUT2D eigenvalue weighted by Crippen LogP contribution is 2.29. The summed E-state index contributed by atoms with van der Waals surface area (Å²) in [7, 11) is -3.54. The predicted molar refractivity (Wildman–Crippen MR) is 88.6 cm³/mol. The number of benzene rings is 2. The van der Waals surface area contributed by atoms with Gasteiger partial charge in [-0.25, -0.2) is 13.1 Å². The van der Waals surface area contributed by atoms with E-state index >= 15 is 0 Å². The van der Waals surface area contributed by atoms with E-state index in [4.69, 9.17) is 0 Å². The van der Waals surface area contributed by atoms with Gasteiger partial charge in [0.2, 0.25) is 10.0 Å². The summed E-state index contributed by atoms with van der Waals surface area (Å²) in [4.78, 5) is 10.8. The molecule has 6 nitrogen and oxygen atoms in total. The number of hydrogen-bond donors (Lipinski definition) is 1. The van der Waals surface area contributed by atoms with E-state index in [1.807, 2.05) is 6.92 Å². The first-order valence-corrected chi connectivity index (χ1v) is 8.77. The number of rotatable bonds is 7. The number of nitrogens with zero attached hydrogens (tertiary/aromatic N) is 1. The van der Waals surface area contributed by atoms with Gasteiger partial charge in [-0.3, -0.25) is 10.1 Å². The van der Waals surface area contributed by atoms with Gasteiger partial charge in [0.05, 0.1) is 15.4 Å². The molecule has 0 atom stereocenters. The van der Waals surface area contributed by atoms with Crippen molar-refractivity contribution in [1.82, 2.24) is 4.72 Å². The summed E-state index contributed by atoms with van der Waals surface area (Å²) in [6, 6.07) is 12.4. The first kappa shape index (κ1) is 17.1. The van der Waals surface area contributed by atoms with Crippen LogP contribution in [0.15, 0.2) is 53.4 Å². The van der Waals surface area contributed by atoms with Crippen LogP contribution in [0.1, 0.15) is 19.8 Å². The number of nitro benzene ring substituents is 1. The van der Waals surface area contributed by atoms with Crippen LogP contribution < -0.4 is 4.72 Å². The van der Waals surface area contributed by atoms with Gasteiger partial charge in [-0.05, 0) is 30.2 Å². The van der Waals surface area contributed by atoms with Crippen LogP contribution in [0.4, 0.5) is 5.69 Å². The van der Waals surface area contributed by atoms with E-state index < -0.39 is 14.9 Å². The molecule has 0 aliphatic rings. The normalized spacial score (nSPS) is 11.3. The Hall–Kier alpha value is -2.25. The maximum Gasteiger partial charge on any atom is 0.277 e. The second kappa shape index (κ2) is 7.34. The summed E-state index contributed by atoms with van der Waals surface area (Å²) >= 11 is 0. The fourth-order valence-electron chi connectivity index (χ4n) is 2.16. The predicted octanol–water partition coefficient (Wildman–Crippen LogP) is 3.34. The highest BCUT2D eigenvalue weighted by molar-refractivity contribution is 7.89. The molecule has 0 aliphatic carbocycles. The van der Waals surface area contributed by atoms with Gasteiger partial charge in [0.25, 0.3) is 5.69 Å². The quantitative estimate of drug-likeness (QED) is 0.478. The Labute approximate surface area is 135 Å². The second-order valence-electron chi connectivity index (χ2n) is 5.05. The van der Waals surface area contributed by atoms with Crippen molar-refractivity contribution in [3.8, 4) is 11.1 Å². The van der Waals surface area contributed by atoms with Gasteiger partial charge < -0.3 is 0 Å². The number of hydrogen-bond acceptors (Lipinski definition) is 4. The van der Waals surface area contributed by atoms with E-state index in [0.717, 1.165) is 12.8 Å². The molecule has 0 bridgehead atoms. The topological polar surface area (TPSA) is 89.3 Å². The number of unbranched alkanes of at least 4 members (excludes halogenated alkanes) is 1. The molecule has 2 rings (SSSR count). The van der Waals surface area contributed by atoms with Crippen molar-refractivity contribution >= 4 is 15.7 Å². The summed E-state index contributed by atoms with van der Waals surface area (Å²) in [5.74, 6) is 0. The molecule has 0 fully saturated rings. The number of para-hydroxylation sites is 1. The fourth-order valence-corrected chi connectivity index (χ4v) is 3.23. The molecular formula is C16H18N2O4S. The Kier molecular flexibility index (Phi) is 5.46. The minimum Gasteiger partial charge on any atom is -0.258 e. The Morgan fingerprint density at radius 2 is 1.74 bits per heavy atom. The Bertz CT molecular complexity index is 786. The van der Waals surface area contributed by atoms with Crippen molar-refractivity contribution in [2.24, 2.45) is 0 Å². The molecule has 122 valence electrons. The molecule has 0 unspecified atom stereocenters. The maximum atomic E-state index is 12.1. The summed E-state index contributed by atoms with van der Waals surface area (Å²) in [6.45, 7) is 2.38. The third-order valence-electron chi connectivity index (χ3n) is 3.40. The fraction of sp³-hybridized carbons (Fsp3) is 0.250. The van der Waals surface area contributed by atoms with E-state index in [2.05, 4.69) is 4.72 Å². The minimum absolute atomic E-state index is 0.0100. The van der Waals surface area contributed by atoms with Gasteiger partial charge in [-0.15, -0.1) is 0 Å². The Morgan fingerprint density at radius 3 is 2.35 bits per heavy atom. The summed E-state index contributed by atoms with van der Waals surface area (Å²) in [6.07, 6.45) is 1.67. The van der Waals surface area contributed by atoms with E-state index in [1.54, 1.807) is 30.3 Å². The molecule has 0 heterocycles. The lowest BCUT2D eigenvalue weighted by atomic mass is 10.0. The first-order chi connectivity index (χ1) is 11.0. The number of nitro groups is 1. The van der Waals surface area contributed by atoms with Gasteiger partial charge in [0, 0.05) is 12.6 Å². The van der Waals surface area contributed by atoms with Crippen molar-refractivity contribution in [1.29, 1.82) is 0 Å². The maximum absolute atomic E-state index is 12.1. The van der Waals surface area contributed by atoms with Gasteiger partial charge in [0.15, 0.2) is 0 Å². The van der Waals surface area contributed by atoms with Gasteiger partial charge >= 0.3 is 0 Å². The van der Waals surface area contributed by atoms with Crippen molar-refractivity contribution < 1.29 is 13.3 Å². The van der Waals surface area contributed by atoms with E-state index in [1.165, 1.54) is 18.2 Å². The molecule has 0 aliphatic heterocycles. The molecule has 0 saturated carbocycles. The molecule has 0 radical (unpaired) electrons. The van der Waals surface area contributed by atoms with Crippen molar-refractivity contribution in [2.45, 2.75) is 24.7 Å². The van der Waals surface area contributed by atoms with Crippen molar-refractivity contribution in [2.75, 3.05) is 6.54 Å². The monoisotopic (exact) mass is 334 g/mol. The zero-order valence-corrected chi connectivity index (χ0v) is 13.5. The lowest BCUT2D eigenvalue weighted by Crippen LogP contribution is -2.24. The molecule has 23 heavy (non-hydrogen) atoms. The molecule has 7 heteroatoms. The largest absolute Gasteiger partial charge is 0.277 e. The number of nitrogens with one attached hydrogen (secondary N) is 1. The zero-order valence-electron chi connectivity index (χ0n) is 12.7. The average molecular weight is 334 g/mol. The van der Waals surface area contributed by atoms with E-state index in [-0.39, 0.29) is 10.6 Å². The van der Waals surface area contributed by atoms with E-state index in [0.29, 0.717) is 17.7 Å². The van der Waals surface area contributed by atoms with Crippen LogP contribution in [0.2, 0.25) is 0 Å². The smallest absolute Gasteiger partial charge is 0.258 e. The van der Waals surface area contributed by atoms with Gasteiger partial charge in [0.1, 0.15) is 0 Å². The average Bonchev–Trinajstić information content (AvgIpc) is 2.55. The highest BCUT2D eigenvalue weighted by atomic mass is 32.2.